The van der Waals surface area contributed by atoms with Crippen molar-refractivity contribution in [2.24, 2.45) is 0 Å². The van der Waals surface area contributed by atoms with Crippen LogP contribution >= 0.6 is 0 Å². The van der Waals surface area contributed by atoms with E-state index in [1.165, 1.54) is 7.11 Å². The Kier molecular flexibility index (Phi) is 7.24. The summed E-state index contributed by atoms with van der Waals surface area (Å²) in [4.78, 5) is 30.1. The Balaban J connectivity index is 1.72. The van der Waals surface area contributed by atoms with E-state index >= 15 is 0 Å². The molecular weight excluding hydrogens is 498 g/mol. The summed E-state index contributed by atoms with van der Waals surface area (Å²) in [5.74, 6) is -0.0789. The first kappa shape index (κ1) is 27.2. The Morgan fingerprint density at radius 1 is 0.850 bits per heavy atom. The Morgan fingerprint density at radius 2 is 1.52 bits per heavy atom. The summed E-state index contributed by atoms with van der Waals surface area (Å²) in [5, 5.41) is 0. The molecular formula is C35H35NO4. The van der Waals surface area contributed by atoms with E-state index in [4.69, 9.17) is 9.47 Å². The SMILES string of the molecule is COC(=O)C1(Cc2ccccc2)Cc2c(-c3ccccc3)cccc2N1C(=O)c1ccc(C(C)(C)C)c(OC)c1. The smallest absolute Gasteiger partial charge is 0.332 e. The minimum atomic E-state index is -1.27. The van der Waals surface area contributed by atoms with Crippen LogP contribution in [0.15, 0.2) is 97.1 Å². The lowest BCUT2D eigenvalue weighted by Crippen LogP contribution is -2.58. The molecule has 0 spiro atoms. The summed E-state index contributed by atoms with van der Waals surface area (Å²) in [6.45, 7) is 6.32. The first-order chi connectivity index (χ1) is 19.2. The maximum atomic E-state index is 14.6. The Morgan fingerprint density at radius 3 is 2.15 bits per heavy atom. The predicted octanol–water partition coefficient (Wildman–Crippen LogP) is 7.02. The maximum absolute atomic E-state index is 14.6. The molecule has 40 heavy (non-hydrogen) atoms. The zero-order valence-electron chi connectivity index (χ0n) is 23.7. The number of amides is 1. The fourth-order valence-electron chi connectivity index (χ4n) is 5.84. The third kappa shape index (κ3) is 4.77. The Labute approximate surface area is 236 Å². The fourth-order valence-corrected chi connectivity index (χ4v) is 5.84. The van der Waals surface area contributed by atoms with Crippen molar-refractivity contribution in [3.63, 3.8) is 0 Å². The number of benzene rings is 4. The molecule has 1 heterocycles. The number of hydrogen-bond donors (Lipinski definition) is 0. The van der Waals surface area contributed by atoms with Crippen LogP contribution in [0.5, 0.6) is 5.75 Å². The average molecular weight is 534 g/mol. The van der Waals surface area contributed by atoms with E-state index in [9.17, 15) is 9.59 Å². The van der Waals surface area contributed by atoms with Crippen molar-refractivity contribution in [3.05, 3.63) is 119 Å². The second-order valence-electron chi connectivity index (χ2n) is 11.3. The molecule has 1 aliphatic heterocycles. The molecule has 0 N–H and O–H groups in total. The van der Waals surface area contributed by atoms with E-state index in [2.05, 4.69) is 20.8 Å². The van der Waals surface area contributed by atoms with Crippen LogP contribution in [0, 0.1) is 0 Å². The van der Waals surface area contributed by atoms with Crippen LogP contribution < -0.4 is 9.64 Å². The quantitative estimate of drug-likeness (QED) is 0.250. The van der Waals surface area contributed by atoms with Crippen molar-refractivity contribution >= 4 is 17.6 Å². The van der Waals surface area contributed by atoms with Crippen molar-refractivity contribution in [2.75, 3.05) is 19.1 Å². The highest BCUT2D eigenvalue weighted by Crippen LogP contribution is 2.47. The number of ether oxygens (including phenoxy) is 2. The minimum absolute atomic E-state index is 0.166. The molecule has 204 valence electrons. The minimum Gasteiger partial charge on any atom is -0.496 e. The van der Waals surface area contributed by atoms with E-state index < -0.39 is 11.5 Å². The van der Waals surface area contributed by atoms with E-state index in [1.54, 1.807) is 18.1 Å². The highest BCUT2D eigenvalue weighted by atomic mass is 16.5. The molecule has 4 aromatic rings. The zero-order chi connectivity index (χ0) is 28.5. The number of esters is 1. The van der Waals surface area contributed by atoms with Gasteiger partial charge in [-0.2, -0.15) is 0 Å². The second-order valence-corrected chi connectivity index (χ2v) is 11.3. The van der Waals surface area contributed by atoms with Gasteiger partial charge >= 0.3 is 5.97 Å². The molecule has 0 fully saturated rings. The average Bonchev–Trinajstić information content (AvgIpc) is 3.31. The lowest BCUT2D eigenvalue weighted by Gasteiger charge is -2.36. The van der Waals surface area contributed by atoms with Gasteiger partial charge in [0.2, 0.25) is 0 Å². The number of nitrogens with zero attached hydrogens (tertiary/aromatic N) is 1. The van der Waals surface area contributed by atoms with Crippen LogP contribution in [0.25, 0.3) is 11.1 Å². The topological polar surface area (TPSA) is 55.8 Å². The summed E-state index contributed by atoms with van der Waals surface area (Å²) in [5.41, 5.74) is 4.65. The second kappa shape index (κ2) is 10.6. The molecule has 1 amide bonds. The lowest BCUT2D eigenvalue weighted by molar-refractivity contribution is -0.146. The Hall–Kier alpha value is -4.38. The van der Waals surface area contributed by atoms with Gasteiger partial charge in [0.15, 0.2) is 5.54 Å². The predicted molar refractivity (Wildman–Crippen MR) is 159 cm³/mol. The van der Waals surface area contributed by atoms with Crippen molar-refractivity contribution < 1.29 is 19.1 Å². The van der Waals surface area contributed by atoms with Gasteiger partial charge in [-0.15, -0.1) is 0 Å². The largest absolute Gasteiger partial charge is 0.496 e. The molecule has 0 radical (unpaired) electrons. The van der Waals surface area contributed by atoms with E-state index in [0.29, 0.717) is 29.8 Å². The summed E-state index contributed by atoms with van der Waals surface area (Å²) >= 11 is 0. The summed E-state index contributed by atoms with van der Waals surface area (Å²) in [6.07, 6.45) is 0.643. The Bertz CT molecular complexity index is 1540. The number of carbonyl (C=O) groups is 2. The van der Waals surface area contributed by atoms with Crippen LogP contribution in [-0.4, -0.2) is 31.6 Å². The van der Waals surface area contributed by atoms with Gasteiger partial charge in [-0.3, -0.25) is 9.69 Å². The van der Waals surface area contributed by atoms with E-state index in [-0.39, 0.29) is 11.3 Å². The molecule has 0 aliphatic carbocycles. The lowest BCUT2D eigenvalue weighted by atomic mass is 9.84. The van der Waals surface area contributed by atoms with Gasteiger partial charge < -0.3 is 9.47 Å². The van der Waals surface area contributed by atoms with E-state index in [0.717, 1.165) is 27.8 Å². The summed E-state index contributed by atoms with van der Waals surface area (Å²) in [6, 6.07) is 31.3. The number of rotatable bonds is 6. The fraction of sp³-hybridized carbons (Fsp3) is 0.257. The highest BCUT2D eigenvalue weighted by molar-refractivity contribution is 6.13. The van der Waals surface area contributed by atoms with Crippen LogP contribution in [0.3, 0.4) is 0 Å². The molecule has 0 bridgehead atoms. The van der Waals surface area contributed by atoms with Gasteiger partial charge in [0.1, 0.15) is 5.75 Å². The van der Waals surface area contributed by atoms with Gasteiger partial charge in [0, 0.05) is 24.1 Å². The first-order valence-corrected chi connectivity index (χ1v) is 13.5. The third-order valence-corrected chi connectivity index (χ3v) is 7.74. The van der Waals surface area contributed by atoms with Crippen LogP contribution in [-0.2, 0) is 27.8 Å². The van der Waals surface area contributed by atoms with Crippen LogP contribution in [0.2, 0.25) is 0 Å². The number of fused-ring (bicyclic) bond motifs is 1. The van der Waals surface area contributed by atoms with Gasteiger partial charge in [-0.25, -0.2) is 4.79 Å². The van der Waals surface area contributed by atoms with Crippen molar-refractivity contribution in [1.82, 2.24) is 0 Å². The van der Waals surface area contributed by atoms with Crippen LogP contribution in [0.4, 0.5) is 5.69 Å². The van der Waals surface area contributed by atoms with Gasteiger partial charge in [0.25, 0.3) is 5.91 Å². The monoisotopic (exact) mass is 533 g/mol. The normalized spacial score (nSPS) is 16.4. The highest BCUT2D eigenvalue weighted by Gasteiger charge is 2.54. The van der Waals surface area contributed by atoms with Gasteiger partial charge in [0.05, 0.1) is 14.2 Å². The van der Waals surface area contributed by atoms with Crippen molar-refractivity contribution in [3.8, 4) is 16.9 Å². The zero-order valence-corrected chi connectivity index (χ0v) is 23.7. The molecule has 0 aromatic heterocycles. The van der Waals surface area contributed by atoms with Gasteiger partial charge in [-0.05, 0) is 51.4 Å². The number of carbonyl (C=O) groups excluding carboxylic acids is 2. The van der Waals surface area contributed by atoms with Gasteiger partial charge in [-0.1, -0.05) is 99.6 Å². The maximum Gasteiger partial charge on any atom is 0.332 e. The number of hydrogen-bond acceptors (Lipinski definition) is 4. The van der Waals surface area contributed by atoms with Crippen LogP contribution in [0.1, 0.15) is 47.8 Å². The molecule has 5 heteroatoms. The molecule has 5 nitrogen and oxygen atoms in total. The molecule has 0 saturated carbocycles. The van der Waals surface area contributed by atoms with E-state index in [1.807, 2.05) is 91.0 Å². The third-order valence-electron chi connectivity index (χ3n) is 7.74. The molecule has 1 aliphatic rings. The summed E-state index contributed by atoms with van der Waals surface area (Å²) in [7, 11) is 3.00. The number of methoxy groups -OCH3 is 2. The number of anilines is 1. The first-order valence-electron chi connectivity index (χ1n) is 13.5. The van der Waals surface area contributed by atoms with Crippen molar-refractivity contribution in [1.29, 1.82) is 0 Å². The molecule has 4 aromatic carbocycles. The molecule has 5 rings (SSSR count). The molecule has 0 saturated heterocycles. The van der Waals surface area contributed by atoms with Crippen molar-refractivity contribution in [2.45, 2.75) is 44.6 Å². The standard InChI is InChI=1S/C35H35NO4/c1-34(2,3)29-20-19-26(21-31(29)39-4)32(37)36-30-18-12-17-27(25-15-10-7-11-16-25)28(30)23-35(36,33(38)40-5)22-24-13-8-6-9-14-24/h6-21H,22-23H2,1-5H3. The molecule has 1 atom stereocenters. The molecule has 1 unspecified atom stereocenters. The summed E-state index contributed by atoms with van der Waals surface area (Å²) < 4.78 is 11.2.